The molecule has 3 rings (SSSR count). The van der Waals surface area contributed by atoms with E-state index in [9.17, 15) is 18.0 Å². The van der Waals surface area contributed by atoms with Gasteiger partial charge in [0.1, 0.15) is 0 Å². The van der Waals surface area contributed by atoms with Crippen LogP contribution in [0.5, 0.6) is 11.5 Å². The molecule has 0 bridgehead atoms. The first-order valence-corrected chi connectivity index (χ1v) is 8.14. The Morgan fingerprint density at radius 3 is 2.56 bits per heavy atom. The lowest BCUT2D eigenvalue weighted by molar-refractivity contribution is -0.0370. The number of ether oxygens (including phenoxy) is 3. The van der Waals surface area contributed by atoms with Crippen LogP contribution in [0.15, 0.2) is 48.5 Å². The number of fused-ring (bicyclic) bond motifs is 1. The first kappa shape index (κ1) is 17.6. The number of thioether (sulfide) groups is 1. The maximum Gasteiger partial charge on any atom is 0.444 e. The number of rotatable bonds is 6. The lowest BCUT2D eigenvalue weighted by Gasteiger charge is -2.18. The highest BCUT2D eigenvalue weighted by atomic mass is 32.2. The van der Waals surface area contributed by atoms with Crippen LogP contribution in [-0.2, 0) is 11.3 Å². The van der Waals surface area contributed by atoms with E-state index in [-0.39, 0.29) is 19.0 Å². The van der Waals surface area contributed by atoms with Gasteiger partial charge in [-0.05, 0) is 29.5 Å². The number of benzene rings is 2. The molecule has 0 aliphatic carbocycles. The van der Waals surface area contributed by atoms with Crippen LogP contribution in [0.1, 0.15) is 15.9 Å². The summed E-state index contributed by atoms with van der Waals surface area (Å²) < 4.78 is 54.0. The van der Waals surface area contributed by atoms with Crippen LogP contribution in [0, 0.1) is 0 Å². The molecule has 2 aromatic rings. The second-order valence-electron chi connectivity index (χ2n) is 5.12. The monoisotopic (exact) mass is 370 g/mol. The molecule has 1 atom stereocenters. The second-order valence-corrected chi connectivity index (χ2v) is 6.25. The Labute approximate surface area is 145 Å². The molecule has 0 spiro atoms. The molecular formula is C17H13F3O4S. The topological polar surface area (TPSA) is 44.8 Å². The van der Waals surface area contributed by atoms with Crippen molar-refractivity contribution in [2.45, 2.75) is 17.6 Å². The zero-order valence-corrected chi connectivity index (χ0v) is 13.6. The Balaban J connectivity index is 1.72. The molecule has 0 amide bonds. The standard InChI is InChI=1S/C17H13F3O4S/c18-17(19,20)25-16(15(21)12-4-2-1-3-5-12)22-9-11-6-7-13-14(8-11)24-10-23-13/h1-8,16H,9-10H2. The van der Waals surface area contributed by atoms with Crippen LogP contribution >= 0.6 is 11.8 Å². The summed E-state index contributed by atoms with van der Waals surface area (Å²) in [5.74, 6) is 0.324. The lowest BCUT2D eigenvalue weighted by Crippen LogP contribution is -2.25. The van der Waals surface area contributed by atoms with Crippen LogP contribution < -0.4 is 9.47 Å². The van der Waals surface area contributed by atoms with E-state index in [1.165, 1.54) is 12.1 Å². The Morgan fingerprint density at radius 2 is 1.84 bits per heavy atom. The summed E-state index contributed by atoms with van der Waals surface area (Å²) in [6.45, 7) is -0.0678. The smallest absolute Gasteiger partial charge is 0.444 e. The van der Waals surface area contributed by atoms with E-state index in [1.807, 2.05) is 0 Å². The van der Waals surface area contributed by atoms with Gasteiger partial charge in [-0.15, -0.1) is 0 Å². The number of halogens is 3. The summed E-state index contributed by atoms with van der Waals surface area (Å²) in [4.78, 5) is 12.3. The van der Waals surface area contributed by atoms with Crippen molar-refractivity contribution < 1.29 is 32.2 Å². The molecule has 0 saturated carbocycles. The molecule has 2 aromatic carbocycles. The van der Waals surface area contributed by atoms with Gasteiger partial charge < -0.3 is 14.2 Å². The minimum atomic E-state index is -4.59. The van der Waals surface area contributed by atoms with Gasteiger partial charge in [0.05, 0.1) is 6.61 Å². The van der Waals surface area contributed by atoms with Gasteiger partial charge in [0.15, 0.2) is 16.9 Å². The highest BCUT2D eigenvalue weighted by Gasteiger charge is 2.37. The zero-order chi connectivity index (χ0) is 17.9. The van der Waals surface area contributed by atoms with Gasteiger partial charge in [-0.1, -0.05) is 36.4 Å². The van der Waals surface area contributed by atoms with E-state index in [2.05, 4.69) is 0 Å². The van der Waals surface area contributed by atoms with Crippen molar-refractivity contribution in [2.75, 3.05) is 6.79 Å². The maximum atomic E-state index is 12.8. The molecule has 1 aliphatic rings. The largest absolute Gasteiger partial charge is 0.454 e. The summed E-state index contributed by atoms with van der Waals surface area (Å²) in [5.41, 5.74) is -5.54. The molecule has 4 nitrogen and oxygen atoms in total. The quantitative estimate of drug-likeness (QED) is 0.557. The molecule has 8 heteroatoms. The molecule has 1 aliphatic heterocycles. The molecule has 1 heterocycles. The SMILES string of the molecule is O=C(c1ccccc1)C(OCc1ccc2c(c1)OCO2)SC(F)(F)F. The fourth-order valence-corrected chi connectivity index (χ4v) is 2.85. The van der Waals surface area contributed by atoms with Gasteiger partial charge >= 0.3 is 5.51 Å². The highest BCUT2D eigenvalue weighted by molar-refractivity contribution is 8.01. The molecule has 25 heavy (non-hydrogen) atoms. The third-order valence-corrected chi connectivity index (χ3v) is 4.18. The van der Waals surface area contributed by atoms with Crippen molar-refractivity contribution in [3.63, 3.8) is 0 Å². The van der Waals surface area contributed by atoms with Gasteiger partial charge in [0.25, 0.3) is 0 Å². The molecule has 0 aromatic heterocycles. The van der Waals surface area contributed by atoms with E-state index in [0.29, 0.717) is 17.1 Å². The Morgan fingerprint density at radius 1 is 1.12 bits per heavy atom. The Bertz CT molecular complexity index is 749. The second kappa shape index (κ2) is 7.37. The Hall–Kier alpha value is -2.19. The molecular weight excluding hydrogens is 357 g/mol. The number of Topliss-reactive ketones (excluding diaryl/α,β-unsaturated/α-hetero) is 1. The van der Waals surface area contributed by atoms with Gasteiger partial charge in [-0.25, -0.2) is 0 Å². The normalized spacial score (nSPS) is 14.4. The predicted molar refractivity (Wildman–Crippen MR) is 85.6 cm³/mol. The molecule has 132 valence electrons. The minimum absolute atomic E-state index is 0.0959. The van der Waals surface area contributed by atoms with Crippen molar-refractivity contribution in [2.24, 2.45) is 0 Å². The molecule has 0 saturated heterocycles. The van der Waals surface area contributed by atoms with Crippen molar-refractivity contribution in [3.8, 4) is 11.5 Å². The van der Waals surface area contributed by atoms with Crippen molar-refractivity contribution >= 4 is 17.5 Å². The van der Waals surface area contributed by atoms with E-state index in [4.69, 9.17) is 14.2 Å². The van der Waals surface area contributed by atoms with Gasteiger partial charge in [0.2, 0.25) is 12.6 Å². The van der Waals surface area contributed by atoms with E-state index < -0.39 is 28.5 Å². The summed E-state index contributed by atoms with van der Waals surface area (Å²) in [7, 11) is 0. The maximum absolute atomic E-state index is 12.8. The van der Waals surface area contributed by atoms with E-state index in [0.717, 1.165) is 0 Å². The van der Waals surface area contributed by atoms with Crippen LogP contribution in [-0.4, -0.2) is 23.5 Å². The average molecular weight is 370 g/mol. The third kappa shape index (κ3) is 4.67. The van der Waals surface area contributed by atoms with Gasteiger partial charge in [-0.3, -0.25) is 4.79 Å². The molecule has 0 fully saturated rings. The van der Waals surface area contributed by atoms with Gasteiger partial charge in [-0.2, -0.15) is 13.2 Å². The number of alkyl halides is 3. The first-order chi connectivity index (χ1) is 11.9. The third-order valence-electron chi connectivity index (χ3n) is 3.35. The van der Waals surface area contributed by atoms with Crippen LogP contribution in [0.25, 0.3) is 0 Å². The highest BCUT2D eigenvalue weighted by Crippen LogP contribution is 2.37. The molecule has 1 unspecified atom stereocenters. The number of ketones is 1. The predicted octanol–water partition coefficient (Wildman–Crippen LogP) is 4.39. The van der Waals surface area contributed by atoms with Crippen molar-refractivity contribution in [1.29, 1.82) is 0 Å². The van der Waals surface area contributed by atoms with Crippen LogP contribution in [0.2, 0.25) is 0 Å². The fraction of sp³-hybridized carbons (Fsp3) is 0.235. The summed E-state index contributed by atoms with van der Waals surface area (Å²) in [5, 5.41) is 0. The van der Waals surface area contributed by atoms with Crippen molar-refractivity contribution in [1.82, 2.24) is 0 Å². The fourth-order valence-electron chi connectivity index (χ4n) is 2.23. The summed E-state index contributed by atoms with van der Waals surface area (Å²) in [6.07, 6.45) is 0. The van der Waals surface area contributed by atoms with Crippen LogP contribution in [0.4, 0.5) is 13.2 Å². The van der Waals surface area contributed by atoms with E-state index in [1.54, 1.807) is 36.4 Å². The first-order valence-electron chi connectivity index (χ1n) is 7.26. The number of carbonyl (C=O) groups is 1. The van der Waals surface area contributed by atoms with Gasteiger partial charge in [0, 0.05) is 5.56 Å². The average Bonchev–Trinajstić information content (AvgIpc) is 3.05. The lowest BCUT2D eigenvalue weighted by atomic mass is 10.1. The number of hydrogen-bond donors (Lipinski definition) is 0. The summed E-state index contributed by atoms with van der Waals surface area (Å²) >= 11 is -0.478. The summed E-state index contributed by atoms with van der Waals surface area (Å²) in [6, 6.07) is 12.7. The Kier molecular flexibility index (Phi) is 5.19. The van der Waals surface area contributed by atoms with Crippen molar-refractivity contribution in [3.05, 3.63) is 59.7 Å². The number of hydrogen-bond acceptors (Lipinski definition) is 5. The minimum Gasteiger partial charge on any atom is -0.454 e. The zero-order valence-electron chi connectivity index (χ0n) is 12.8. The number of carbonyl (C=O) groups excluding carboxylic acids is 1. The van der Waals surface area contributed by atoms with Crippen LogP contribution in [0.3, 0.4) is 0 Å². The van der Waals surface area contributed by atoms with E-state index >= 15 is 0 Å². The molecule has 0 N–H and O–H groups in total. The molecule has 0 radical (unpaired) electrons.